The molecule has 1 aliphatic rings. The maximum Gasteiger partial charge on any atom is 0.254 e. The SMILES string of the molecule is Cc1c(Br)cccc1C(=O)N1CCC(Br)C1. The maximum atomic E-state index is 12.2. The van der Waals surface area contributed by atoms with Crippen molar-refractivity contribution < 1.29 is 4.79 Å². The molecule has 1 fully saturated rings. The van der Waals surface area contributed by atoms with Gasteiger partial charge in [0.1, 0.15) is 0 Å². The van der Waals surface area contributed by atoms with Crippen molar-refractivity contribution >= 4 is 37.8 Å². The van der Waals surface area contributed by atoms with Crippen LogP contribution in [0.2, 0.25) is 0 Å². The molecular weight excluding hydrogens is 334 g/mol. The molecule has 1 saturated heterocycles. The van der Waals surface area contributed by atoms with E-state index in [1.807, 2.05) is 30.0 Å². The van der Waals surface area contributed by atoms with Crippen LogP contribution in [0.1, 0.15) is 22.3 Å². The summed E-state index contributed by atoms with van der Waals surface area (Å²) in [4.78, 5) is 14.6. The summed E-state index contributed by atoms with van der Waals surface area (Å²) in [7, 11) is 0. The number of rotatable bonds is 1. The quantitative estimate of drug-likeness (QED) is 0.714. The second kappa shape index (κ2) is 4.88. The van der Waals surface area contributed by atoms with Gasteiger partial charge in [0.15, 0.2) is 0 Å². The highest BCUT2D eigenvalue weighted by molar-refractivity contribution is 9.10. The molecule has 1 aliphatic heterocycles. The van der Waals surface area contributed by atoms with Gasteiger partial charge >= 0.3 is 0 Å². The van der Waals surface area contributed by atoms with Crippen LogP contribution in [0, 0.1) is 6.92 Å². The zero-order valence-corrected chi connectivity index (χ0v) is 12.2. The first-order chi connectivity index (χ1) is 7.59. The molecular formula is C12H13Br2NO. The largest absolute Gasteiger partial charge is 0.337 e. The van der Waals surface area contributed by atoms with E-state index in [4.69, 9.17) is 0 Å². The van der Waals surface area contributed by atoms with Gasteiger partial charge in [0.05, 0.1) is 0 Å². The number of halogens is 2. The highest BCUT2D eigenvalue weighted by atomic mass is 79.9. The van der Waals surface area contributed by atoms with Crippen LogP contribution < -0.4 is 0 Å². The number of carbonyl (C=O) groups excluding carboxylic acids is 1. The van der Waals surface area contributed by atoms with Gasteiger partial charge in [0.2, 0.25) is 0 Å². The van der Waals surface area contributed by atoms with Crippen LogP contribution in [0.4, 0.5) is 0 Å². The number of benzene rings is 1. The molecule has 1 amide bonds. The zero-order valence-electron chi connectivity index (χ0n) is 9.04. The number of carbonyl (C=O) groups is 1. The number of alkyl halides is 1. The summed E-state index contributed by atoms with van der Waals surface area (Å²) in [5, 5.41) is 0. The van der Waals surface area contributed by atoms with Gasteiger partial charge in [0.25, 0.3) is 5.91 Å². The van der Waals surface area contributed by atoms with Crippen LogP contribution >= 0.6 is 31.9 Å². The van der Waals surface area contributed by atoms with Crippen molar-refractivity contribution in [1.82, 2.24) is 4.90 Å². The lowest BCUT2D eigenvalue weighted by atomic mass is 10.1. The van der Waals surface area contributed by atoms with Crippen molar-refractivity contribution in [2.75, 3.05) is 13.1 Å². The van der Waals surface area contributed by atoms with Crippen LogP contribution in [0.5, 0.6) is 0 Å². The summed E-state index contributed by atoms with van der Waals surface area (Å²) >= 11 is 7.00. The number of hydrogen-bond donors (Lipinski definition) is 0. The van der Waals surface area contributed by atoms with Crippen LogP contribution in [0.3, 0.4) is 0 Å². The van der Waals surface area contributed by atoms with Crippen molar-refractivity contribution in [3.63, 3.8) is 0 Å². The molecule has 0 aliphatic carbocycles. The second-order valence-electron chi connectivity index (χ2n) is 4.05. The highest BCUT2D eigenvalue weighted by Crippen LogP contribution is 2.23. The fourth-order valence-corrected chi connectivity index (χ4v) is 2.83. The maximum absolute atomic E-state index is 12.2. The van der Waals surface area contributed by atoms with Crippen LogP contribution in [0.25, 0.3) is 0 Å². The van der Waals surface area contributed by atoms with E-state index in [0.29, 0.717) is 4.83 Å². The van der Waals surface area contributed by atoms with Gasteiger partial charge < -0.3 is 4.90 Å². The van der Waals surface area contributed by atoms with E-state index < -0.39 is 0 Å². The molecule has 0 aromatic heterocycles. The first-order valence-electron chi connectivity index (χ1n) is 5.28. The summed E-state index contributed by atoms with van der Waals surface area (Å²) in [6.45, 7) is 3.63. The molecule has 16 heavy (non-hydrogen) atoms. The minimum Gasteiger partial charge on any atom is -0.337 e. The normalized spacial score (nSPS) is 20.2. The lowest BCUT2D eigenvalue weighted by Gasteiger charge is -2.17. The van der Waals surface area contributed by atoms with Crippen molar-refractivity contribution in [3.8, 4) is 0 Å². The molecule has 0 saturated carbocycles. The zero-order chi connectivity index (χ0) is 11.7. The Morgan fingerprint density at radius 2 is 2.25 bits per heavy atom. The third kappa shape index (κ3) is 2.33. The molecule has 4 heteroatoms. The minimum atomic E-state index is 0.140. The van der Waals surface area contributed by atoms with Gasteiger partial charge in [-0.05, 0) is 31.0 Å². The Morgan fingerprint density at radius 3 is 2.88 bits per heavy atom. The van der Waals surface area contributed by atoms with Crippen LogP contribution in [-0.4, -0.2) is 28.7 Å². The van der Waals surface area contributed by atoms with E-state index >= 15 is 0 Å². The third-order valence-electron chi connectivity index (χ3n) is 2.92. The van der Waals surface area contributed by atoms with Crippen molar-refractivity contribution in [2.45, 2.75) is 18.2 Å². The van der Waals surface area contributed by atoms with Crippen LogP contribution in [-0.2, 0) is 0 Å². The minimum absolute atomic E-state index is 0.140. The van der Waals surface area contributed by atoms with Gasteiger partial charge in [-0.15, -0.1) is 0 Å². The number of nitrogens with zero attached hydrogens (tertiary/aromatic N) is 1. The highest BCUT2D eigenvalue weighted by Gasteiger charge is 2.26. The van der Waals surface area contributed by atoms with E-state index in [0.717, 1.165) is 35.1 Å². The molecule has 1 unspecified atom stereocenters. The Labute approximate surface area is 112 Å². The van der Waals surface area contributed by atoms with Crippen LogP contribution in [0.15, 0.2) is 22.7 Å². The fourth-order valence-electron chi connectivity index (χ4n) is 1.91. The molecule has 2 nitrogen and oxygen atoms in total. The number of likely N-dealkylation sites (tertiary alicyclic amines) is 1. The molecule has 2 rings (SSSR count). The van der Waals surface area contributed by atoms with Gasteiger partial charge in [-0.25, -0.2) is 0 Å². The topological polar surface area (TPSA) is 20.3 Å². The molecule has 1 aromatic rings. The Balaban J connectivity index is 2.24. The van der Waals surface area contributed by atoms with Gasteiger partial charge in [-0.3, -0.25) is 4.79 Å². The van der Waals surface area contributed by atoms with E-state index in [1.165, 1.54) is 0 Å². The molecule has 0 radical (unpaired) electrons. The van der Waals surface area contributed by atoms with E-state index in [-0.39, 0.29) is 5.91 Å². The van der Waals surface area contributed by atoms with Gasteiger partial charge in [0, 0.05) is 28.0 Å². The Hall–Kier alpha value is -0.350. The molecule has 0 bridgehead atoms. The molecule has 86 valence electrons. The standard InChI is InChI=1S/C12H13Br2NO/c1-8-10(3-2-4-11(8)14)12(16)15-6-5-9(13)7-15/h2-4,9H,5-7H2,1H3. The van der Waals surface area contributed by atoms with Crippen molar-refractivity contribution in [2.24, 2.45) is 0 Å². The molecule has 1 aromatic carbocycles. The third-order valence-corrected chi connectivity index (χ3v) is 4.52. The summed E-state index contributed by atoms with van der Waals surface area (Å²) < 4.78 is 0.993. The number of amides is 1. The first-order valence-corrected chi connectivity index (χ1v) is 6.99. The monoisotopic (exact) mass is 345 g/mol. The predicted octanol–water partition coefficient (Wildman–Crippen LogP) is 3.37. The fraction of sp³-hybridized carbons (Fsp3) is 0.417. The summed E-state index contributed by atoms with van der Waals surface area (Å²) in [5.41, 5.74) is 1.82. The van der Waals surface area contributed by atoms with E-state index in [9.17, 15) is 4.79 Å². The summed E-state index contributed by atoms with van der Waals surface area (Å²) in [5.74, 6) is 0.140. The molecule has 0 spiro atoms. The van der Waals surface area contributed by atoms with Crippen molar-refractivity contribution in [1.29, 1.82) is 0 Å². The van der Waals surface area contributed by atoms with Crippen molar-refractivity contribution in [3.05, 3.63) is 33.8 Å². The lowest BCUT2D eigenvalue weighted by molar-refractivity contribution is 0.0792. The molecule has 0 N–H and O–H groups in total. The van der Waals surface area contributed by atoms with E-state index in [1.54, 1.807) is 0 Å². The smallest absolute Gasteiger partial charge is 0.254 e. The average molecular weight is 347 g/mol. The summed E-state index contributed by atoms with van der Waals surface area (Å²) in [6, 6.07) is 5.76. The Bertz CT molecular complexity index is 419. The van der Waals surface area contributed by atoms with E-state index in [2.05, 4.69) is 31.9 Å². The van der Waals surface area contributed by atoms with Gasteiger partial charge in [-0.2, -0.15) is 0 Å². The predicted molar refractivity (Wildman–Crippen MR) is 72.1 cm³/mol. The molecule has 1 heterocycles. The number of hydrogen-bond acceptors (Lipinski definition) is 1. The summed E-state index contributed by atoms with van der Waals surface area (Å²) in [6.07, 6.45) is 1.04. The average Bonchev–Trinajstić information content (AvgIpc) is 2.68. The van der Waals surface area contributed by atoms with Gasteiger partial charge in [-0.1, -0.05) is 37.9 Å². The Morgan fingerprint density at radius 1 is 1.50 bits per heavy atom. The molecule has 1 atom stereocenters. The first kappa shape index (κ1) is 12.1. The lowest BCUT2D eigenvalue weighted by Crippen LogP contribution is -2.29. The second-order valence-corrected chi connectivity index (χ2v) is 6.20. The Kier molecular flexibility index (Phi) is 3.70.